The zero-order valence-electron chi connectivity index (χ0n) is 13.2. The highest BCUT2D eigenvalue weighted by Crippen LogP contribution is 2.29. The number of carbonyl (C=O) groups excluding carboxylic acids is 2. The molecule has 1 rings (SSSR count). The Balaban J connectivity index is 2.70. The molecule has 0 bridgehead atoms. The second-order valence-electron chi connectivity index (χ2n) is 5.96. The Morgan fingerprint density at radius 3 is 2.35 bits per heavy atom. The number of anilines is 1. The van der Waals surface area contributed by atoms with Crippen molar-refractivity contribution in [3.05, 3.63) is 23.2 Å². The second-order valence-corrected chi connectivity index (χ2v) is 6.37. The summed E-state index contributed by atoms with van der Waals surface area (Å²) >= 11 is 5.80. The number of nitrogens with one attached hydrogen (secondary N) is 2. The van der Waals surface area contributed by atoms with Crippen molar-refractivity contribution in [3.63, 3.8) is 0 Å². The van der Waals surface area contributed by atoms with Gasteiger partial charge in [0.2, 0.25) is 11.8 Å². The summed E-state index contributed by atoms with van der Waals surface area (Å²) < 4.78 is 28.5. The Morgan fingerprint density at radius 2 is 1.87 bits per heavy atom. The van der Waals surface area contributed by atoms with Gasteiger partial charge in [-0.2, -0.15) is 8.78 Å². The molecule has 1 atom stereocenters. The zero-order valence-corrected chi connectivity index (χ0v) is 14.0. The molecule has 0 aliphatic rings. The average Bonchev–Trinajstić information content (AvgIpc) is 2.40. The van der Waals surface area contributed by atoms with Crippen molar-refractivity contribution in [1.82, 2.24) is 5.32 Å². The third-order valence-corrected chi connectivity index (χ3v) is 3.13. The monoisotopic (exact) mass is 348 g/mol. The normalized spacial score (nSPS) is 12.7. The first-order chi connectivity index (χ1) is 10.5. The van der Waals surface area contributed by atoms with Gasteiger partial charge in [0.15, 0.2) is 0 Å². The summed E-state index contributed by atoms with van der Waals surface area (Å²) in [6.07, 6.45) is 0. The molecular formula is C15H19ClF2N2O3. The predicted octanol–water partition coefficient (Wildman–Crippen LogP) is 3.43. The third-order valence-electron chi connectivity index (χ3n) is 2.84. The van der Waals surface area contributed by atoms with Gasteiger partial charge in [-0.25, -0.2) is 0 Å². The Hall–Kier alpha value is -1.89. The van der Waals surface area contributed by atoms with E-state index in [1.807, 2.05) is 0 Å². The Morgan fingerprint density at radius 1 is 1.26 bits per heavy atom. The number of amides is 2. The largest absolute Gasteiger partial charge is 0.433 e. The number of alkyl halides is 2. The second kappa shape index (κ2) is 7.59. The molecule has 0 aliphatic carbocycles. The van der Waals surface area contributed by atoms with Crippen LogP contribution in [0, 0.1) is 5.41 Å². The lowest BCUT2D eigenvalue weighted by Gasteiger charge is -2.21. The predicted molar refractivity (Wildman–Crippen MR) is 83.8 cm³/mol. The van der Waals surface area contributed by atoms with Crippen LogP contribution in [0.25, 0.3) is 0 Å². The molecule has 2 amide bonds. The van der Waals surface area contributed by atoms with Crippen molar-refractivity contribution < 1.29 is 23.1 Å². The molecule has 0 saturated carbocycles. The number of halogens is 3. The molecule has 0 aromatic heterocycles. The van der Waals surface area contributed by atoms with Crippen LogP contribution in [0.3, 0.4) is 0 Å². The molecule has 0 aliphatic heterocycles. The first kappa shape index (κ1) is 19.2. The summed E-state index contributed by atoms with van der Waals surface area (Å²) in [4.78, 5) is 23.9. The summed E-state index contributed by atoms with van der Waals surface area (Å²) in [6, 6.07) is 3.12. The molecule has 2 N–H and O–H groups in total. The Bertz CT molecular complexity index is 589. The van der Waals surface area contributed by atoms with Crippen LogP contribution in [0.15, 0.2) is 18.2 Å². The Kier molecular flexibility index (Phi) is 6.32. The summed E-state index contributed by atoms with van der Waals surface area (Å²) in [7, 11) is 0. The van der Waals surface area contributed by atoms with E-state index in [1.54, 1.807) is 20.8 Å². The fourth-order valence-electron chi connectivity index (χ4n) is 1.50. The van der Waals surface area contributed by atoms with Crippen LogP contribution in [0.2, 0.25) is 5.02 Å². The van der Waals surface area contributed by atoms with E-state index < -0.39 is 24.0 Å². The highest BCUT2D eigenvalue weighted by atomic mass is 35.5. The minimum atomic E-state index is -2.99. The molecular weight excluding hydrogens is 330 g/mol. The summed E-state index contributed by atoms with van der Waals surface area (Å²) in [5, 5.41) is 5.06. The van der Waals surface area contributed by atoms with E-state index in [9.17, 15) is 18.4 Å². The Labute approximate surface area is 138 Å². The van der Waals surface area contributed by atoms with Crippen LogP contribution in [-0.4, -0.2) is 24.5 Å². The molecule has 1 aromatic rings. The third kappa shape index (κ3) is 6.02. The number of ether oxygens (including phenoxy) is 1. The van der Waals surface area contributed by atoms with Crippen LogP contribution >= 0.6 is 11.6 Å². The van der Waals surface area contributed by atoms with E-state index in [-0.39, 0.29) is 16.7 Å². The molecule has 0 radical (unpaired) electrons. The van der Waals surface area contributed by atoms with Gasteiger partial charge in [-0.3, -0.25) is 9.59 Å². The zero-order chi connectivity index (χ0) is 17.8. The summed E-state index contributed by atoms with van der Waals surface area (Å²) in [5.74, 6) is -0.909. The number of hydrogen-bond acceptors (Lipinski definition) is 3. The topological polar surface area (TPSA) is 67.4 Å². The minimum absolute atomic E-state index is 0.0607. The molecule has 1 unspecified atom stereocenters. The minimum Gasteiger partial charge on any atom is -0.433 e. The van der Waals surface area contributed by atoms with Gasteiger partial charge in [-0.15, -0.1) is 0 Å². The van der Waals surface area contributed by atoms with Crippen LogP contribution in [-0.2, 0) is 9.59 Å². The number of carbonyl (C=O) groups is 2. The van der Waals surface area contributed by atoms with Crippen molar-refractivity contribution in [2.45, 2.75) is 40.3 Å². The standard InChI is InChI=1S/C15H19ClF2N2O3/c1-8(19-13(22)15(2,3)4)12(21)20-9-5-6-11(10(16)7-9)23-14(17)18/h5-8,14H,1-4H3,(H,19,22)(H,20,21). The molecule has 0 saturated heterocycles. The van der Waals surface area contributed by atoms with Gasteiger partial charge in [-0.1, -0.05) is 32.4 Å². The highest BCUT2D eigenvalue weighted by molar-refractivity contribution is 6.32. The maximum atomic E-state index is 12.1. The summed E-state index contributed by atoms with van der Waals surface area (Å²) in [5.41, 5.74) is -0.315. The van der Waals surface area contributed by atoms with Gasteiger partial charge in [-0.05, 0) is 25.1 Å². The van der Waals surface area contributed by atoms with Gasteiger partial charge in [0, 0.05) is 11.1 Å². The smallest absolute Gasteiger partial charge is 0.387 e. The van der Waals surface area contributed by atoms with E-state index in [0.29, 0.717) is 5.69 Å². The van der Waals surface area contributed by atoms with Crippen LogP contribution in [0.4, 0.5) is 14.5 Å². The number of rotatable bonds is 5. The van der Waals surface area contributed by atoms with Crippen LogP contribution in [0.1, 0.15) is 27.7 Å². The number of hydrogen-bond donors (Lipinski definition) is 2. The van der Waals surface area contributed by atoms with E-state index in [2.05, 4.69) is 15.4 Å². The van der Waals surface area contributed by atoms with Crippen molar-refractivity contribution in [3.8, 4) is 5.75 Å². The van der Waals surface area contributed by atoms with Crippen molar-refractivity contribution in [2.75, 3.05) is 5.32 Å². The maximum Gasteiger partial charge on any atom is 0.387 e. The SMILES string of the molecule is CC(NC(=O)C(C)(C)C)C(=O)Nc1ccc(OC(F)F)c(Cl)c1. The summed E-state index contributed by atoms with van der Waals surface area (Å²) in [6.45, 7) is 3.74. The molecule has 0 heterocycles. The first-order valence-electron chi connectivity index (χ1n) is 6.87. The number of benzene rings is 1. The average molecular weight is 349 g/mol. The van der Waals surface area contributed by atoms with Gasteiger partial charge in [0.05, 0.1) is 5.02 Å². The van der Waals surface area contributed by atoms with Crippen molar-refractivity contribution in [1.29, 1.82) is 0 Å². The molecule has 5 nitrogen and oxygen atoms in total. The fourth-order valence-corrected chi connectivity index (χ4v) is 1.72. The highest BCUT2D eigenvalue weighted by Gasteiger charge is 2.25. The van der Waals surface area contributed by atoms with Crippen molar-refractivity contribution >= 4 is 29.1 Å². The van der Waals surface area contributed by atoms with Crippen LogP contribution < -0.4 is 15.4 Å². The molecule has 128 valence electrons. The van der Waals surface area contributed by atoms with Gasteiger partial charge < -0.3 is 15.4 Å². The van der Waals surface area contributed by atoms with E-state index in [4.69, 9.17) is 11.6 Å². The van der Waals surface area contributed by atoms with Gasteiger partial charge in [0.25, 0.3) is 0 Å². The lowest BCUT2D eigenvalue weighted by Crippen LogP contribution is -2.46. The lowest BCUT2D eigenvalue weighted by atomic mass is 9.95. The fraction of sp³-hybridized carbons (Fsp3) is 0.467. The molecule has 8 heteroatoms. The molecule has 1 aromatic carbocycles. The van der Waals surface area contributed by atoms with E-state index in [0.717, 1.165) is 0 Å². The lowest BCUT2D eigenvalue weighted by molar-refractivity contribution is -0.131. The molecule has 0 fully saturated rings. The van der Waals surface area contributed by atoms with Crippen LogP contribution in [0.5, 0.6) is 5.75 Å². The van der Waals surface area contributed by atoms with Gasteiger partial charge in [0.1, 0.15) is 11.8 Å². The van der Waals surface area contributed by atoms with E-state index in [1.165, 1.54) is 25.1 Å². The molecule has 0 spiro atoms. The van der Waals surface area contributed by atoms with Crippen molar-refractivity contribution in [2.24, 2.45) is 5.41 Å². The molecule has 23 heavy (non-hydrogen) atoms. The van der Waals surface area contributed by atoms with Gasteiger partial charge >= 0.3 is 6.61 Å². The maximum absolute atomic E-state index is 12.1. The first-order valence-corrected chi connectivity index (χ1v) is 7.24. The quantitative estimate of drug-likeness (QED) is 0.856. The van der Waals surface area contributed by atoms with E-state index >= 15 is 0 Å².